The Morgan fingerprint density at radius 1 is 1.17 bits per heavy atom. The molecule has 12 heavy (non-hydrogen) atoms. The molecule has 0 aliphatic carbocycles. The van der Waals surface area contributed by atoms with Crippen LogP contribution in [0.2, 0.25) is 0 Å². The third-order valence-corrected chi connectivity index (χ3v) is 2.18. The fourth-order valence-electron chi connectivity index (χ4n) is 0.989. The molecule has 0 bridgehead atoms. The smallest absolute Gasteiger partial charge is 0.219 e. The maximum absolute atomic E-state index is 10.8. The first-order valence-electron chi connectivity index (χ1n) is 4.55. The van der Waals surface area contributed by atoms with Gasteiger partial charge in [-0.3, -0.25) is 4.79 Å². The average molecular weight is 172 g/mol. The minimum atomic E-state index is 0.141. The minimum absolute atomic E-state index is 0.141. The second-order valence-electron chi connectivity index (χ2n) is 2.97. The molecular weight excluding hydrogens is 152 g/mol. The molecule has 3 nitrogen and oxygen atoms in total. The van der Waals surface area contributed by atoms with Crippen LogP contribution in [0.25, 0.3) is 0 Å². The molecule has 1 amide bonds. The molecule has 0 saturated carbocycles. The average Bonchev–Trinajstić information content (AvgIpc) is 2.05. The molecule has 0 aromatic heterocycles. The molecule has 72 valence electrons. The number of carbonyl (C=O) groups excluding carboxylic acids is 1. The van der Waals surface area contributed by atoms with Crippen LogP contribution in [0.4, 0.5) is 0 Å². The van der Waals surface area contributed by atoms with Gasteiger partial charge in [-0.15, -0.1) is 0 Å². The van der Waals surface area contributed by atoms with Crippen molar-refractivity contribution < 1.29 is 4.79 Å². The quantitative estimate of drug-likeness (QED) is 0.612. The summed E-state index contributed by atoms with van der Waals surface area (Å²) in [6, 6.07) is 0. The normalized spacial score (nSPS) is 10.4. The van der Waals surface area contributed by atoms with Crippen LogP contribution >= 0.6 is 0 Å². The third kappa shape index (κ3) is 4.34. The molecular formula is C9H20N2O. The Morgan fingerprint density at radius 2 is 1.67 bits per heavy atom. The van der Waals surface area contributed by atoms with Crippen LogP contribution in [0, 0.1) is 0 Å². The van der Waals surface area contributed by atoms with Crippen LogP contribution in [0.1, 0.15) is 20.8 Å². The van der Waals surface area contributed by atoms with Crippen LogP contribution in [0.15, 0.2) is 0 Å². The van der Waals surface area contributed by atoms with Gasteiger partial charge >= 0.3 is 0 Å². The van der Waals surface area contributed by atoms with Crippen LogP contribution in [0.5, 0.6) is 0 Å². The fraction of sp³-hybridized carbons (Fsp3) is 0.889. The Labute approximate surface area is 75.3 Å². The molecule has 3 heteroatoms. The van der Waals surface area contributed by atoms with Gasteiger partial charge in [-0.25, -0.2) is 0 Å². The van der Waals surface area contributed by atoms with E-state index >= 15 is 0 Å². The van der Waals surface area contributed by atoms with Gasteiger partial charge in [-0.1, -0.05) is 13.8 Å². The third-order valence-electron chi connectivity index (χ3n) is 2.18. The first-order chi connectivity index (χ1) is 5.61. The van der Waals surface area contributed by atoms with Crippen molar-refractivity contribution in [2.45, 2.75) is 20.8 Å². The Kier molecular flexibility index (Phi) is 5.72. The fourth-order valence-corrected chi connectivity index (χ4v) is 0.989. The van der Waals surface area contributed by atoms with E-state index in [0.29, 0.717) is 0 Å². The molecule has 0 aliphatic heterocycles. The Bertz CT molecular complexity index is 132. The minimum Gasteiger partial charge on any atom is -0.345 e. The van der Waals surface area contributed by atoms with Crippen molar-refractivity contribution in [2.75, 3.05) is 33.2 Å². The SMILES string of the molecule is CCN(CC)CCN(C)C(C)=O. The van der Waals surface area contributed by atoms with E-state index in [1.807, 2.05) is 7.05 Å². The Balaban J connectivity index is 3.58. The van der Waals surface area contributed by atoms with Gasteiger partial charge in [0.25, 0.3) is 0 Å². The van der Waals surface area contributed by atoms with Gasteiger partial charge < -0.3 is 9.80 Å². The van der Waals surface area contributed by atoms with E-state index < -0.39 is 0 Å². The zero-order valence-electron chi connectivity index (χ0n) is 8.63. The molecule has 0 aromatic rings. The first-order valence-corrected chi connectivity index (χ1v) is 4.55. The van der Waals surface area contributed by atoms with Crippen LogP contribution in [-0.2, 0) is 4.79 Å². The summed E-state index contributed by atoms with van der Waals surface area (Å²) in [5, 5.41) is 0. The number of carbonyl (C=O) groups is 1. The van der Waals surface area contributed by atoms with Gasteiger partial charge in [0.2, 0.25) is 5.91 Å². The molecule has 0 spiro atoms. The van der Waals surface area contributed by atoms with E-state index in [9.17, 15) is 4.79 Å². The van der Waals surface area contributed by atoms with Crippen molar-refractivity contribution in [3.05, 3.63) is 0 Å². The lowest BCUT2D eigenvalue weighted by atomic mass is 10.4. The largest absolute Gasteiger partial charge is 0.345 e. The van der Waals surface area contributed by atoms with Crippen molar-refractivity contribution in [1.82, 2.24) is 9.80 Å². The summed E-state index contributed by atoms with van der Waals surface area (Å²) in [6.45, 7) is 9.79. The molecule has 0 unspecified atom stereocenters. The highest BCUT2D eigenvalue weighted by Gasteiger charge is 2.03. The highest BCUT2D eigenvalue weighted by Crippen LogP contribution is 1.89. The number of amides is 1. The number of likely N-dealkylation sites (N-methyl/N-ethyl adjacent to an activating group) is 2. The lowest BCUT2D eigenvalue weighted by molar-refractivity contribution is -0.127. The topological polar surface area (TPSA) is 23.6 Å². The van der Waals surface area contributed by atoms with Crippen molar-refractivity contribution in [1.29, 1.82) is 0 Å². The summed E-state index contributed by atoms with van der Waals surface area (Å²) in [5.41, 5.74) is 0. The number of nitrogens with zero attached hydrogens (tertiary/aromatic N) is 2. The summed E-state index contributed by atoms with van der Waals surface area (Å²) in [6.07, 6.45) is 0. The van der Waals surface area contributed by atoms with E-state index in [-0.39, 0.29) is 5.91 Å². The summed E-state index contributed by atoms with van der Waals surface area (Å²) in [4.78, 5) is 14.9. The molecule has 0 fully saturated rings. The Hall–Kier alpha value is -0.570. The van der Waals surface area contributed by atoms with Gasteiger partial charge in [0, 0.05) is 27.1 Å². The first kappa shape index (κ1) is 11.4. The standard InChI is InChI=1S/C9H20N2O/c1-5-11(6-2)8-7-10(4)9(3)12/h5-8H2,1-4H3. The molecule has 0 rings (SSSR count). The van der Waals surface area contributed by atoms with Crippen molar-refractivity contribution in [2.24, 2.45) is 0 Å². The lowest BCUT2D eigenvalue weighted by Gasteiger charge is -2.22. The van der Waals surface area contributed by atoms with E-state index in [0.717, 1.165) is 26.2 Å². The monoisotopic (exact) mass is 172 g/mol. The van der Waals surface area contributed by atoms with E-state index in [1.165, 1.54) is 0 Å². The van der Waals surface area contributed by atoms with Crippen LogP contribution in [0.3, 0.4) is 0 Å². The molecule has 0 radical (unpaired) electrons. The predicted molar refractivity (Wildman–Crippen MR) is 51.1 cm³/mol. The van der Waals surface area contributed by atoms with Gasteiger partial charge in [0.1, 0.15) is 0 Å². The van der Waals surface area contributed by atoms with Gasteiger partial charge in [0.05, 0.1) is 0 Å². The highest BCUT2D eigenvalue weighted by atomic mass is 16.2. The number of hydrogen-bond donors (Lipinski definition) is 0. The van der Waals surface area contributed by atoms with E-state index in [1.54, 1.807) is 11.8 Å². The molecule has 0 aromatic carbocycles. The number of rotatable bonds is 5. The van der Waals surface area contributed by atoms with Crippen molar-refractivity contribution in [3.8, 4) is 0 Å². The number of hydrogen-bond acceptors (Lipinski definition) is 2. The summed E-state index contributed by atoms with van der Waals surface area (Å²) < 4.78 is 0. The van der Waals surface area contributed by atoms with Crippen LogP contribution < -0.4 is 0 Å². The predicted octanol–water partition coefficient (Wildman–Crippen LogP) is 0.806. The van der Waals surface area contributed by atoms with Gasteiger partial charge in [-0.2, -0.15) is 0 Å². The Morgan fingerprint density at radius 3 is 2.00 bits per heavy atom. The zero-order chi connectivity index (χ0) is 9.56. The molecule has 0 saturated heterocycles. The lowest BCUT2D eigenvalue weighted by Crippen LogP contribution is -2.35. The van der Waals surface area contributed by atoms with Crippen LogP contribution in [-0.4, -0.2) is 48.9 Å². The molecule has 0 N–H and O–H groups in total. The van der Waals surface area contributed by atoms with Crippen molar-refractivity contribution in [3.63, 3.8) is 0 Å². The zero-order valence-corrected chi connectivity index (χ0v) is 8.63. The van der Waals surface area contributed by atoms with Gasteiger partial charge in [-0.05, 0) is 13.1 Å². The summed E-state index contributed by atoms with van der Waals surface area (Å²) >= 11 is 0. The second kappa shape index (κ2) is 6.00. The highest BCUT2D eigenvalue weighted by molar-refractivity contribution is 5.72. The second-order valence-corrected chi connectivity index (χ2v) is 2.97. The van der Waals surface area contributed by atoms with E-state index in [4.69, 9.17) is 0 Å². The summed E-state index contributed by atoms with van der Waals surface area (Å²) in [5.74, 6) is 0.141. The molecule has 0 heterocycles. The van der Waals surface area contributed by atoms with Gasteiger partial charge in [0.15, 0.2) is 0 Å². The summed E-state index contributed by atoms with van der Waals surface area (Å²) in [7, 11) is 1.84. The molecule has 0 atom stereocenters. The molecule has 0 aliphatic rings. The van der Waals surface area contributed by atoms with E-state index in [2.05, 4.69) is 18.7 Å². The maximum atomic E-state index is 10.8. The maximum Gasteiger partial charge on any atom is 0.219 e. The van der Waals surface area contributed by atoms with Crippen molar-refractivity contribution >= 4 is 5.91 Å².